The summed E-state index contributed by atoms with van der Waals surface area (Å²) in [6.07, 6.45) is 2.77. The van der Waals surface area contributed by atoms with Gasteiger partial charge in [0.15, 0.2) is 0 Å². The molecular formula is C15H20ClNO. The van der Waals surface area contributed by atoms with Crippen LogP contribution < -0.4 is 5.32 Å². The Hall–Kier alpha value is -1.02. The normalized spacial score (nSPS) is 19.2. The third-order valence-corrected chi connectivity index (χ3v) is 4.18. The standard InChI is InChI=1S/C15H20ClNO/c1-15(2,10-16)17-14(18)13-8-7-11-5-3-4-6-12(11)9-13/h3-6,13H,7-10H2,1-2H3,(H,17,18). The van der Waals surface area contributed by atoms with Gasteiger partial charge < -0.3 is 5.32 Å². The van der Waals surface area contributed by atoms with E-state index in [2.05, 4.69) is 23.5 Å². The Bertz CT molecular complexity index is 442. The van der Waals surface area contributed by atoms with Gasteiger partial charge in [-0.25, -0.2) is 0 Å². The fourth-order valence-corrected chi connectivity index (χ4v) is 2.46. The summed E-state index contributed by atoms with van der Waals surface area (Å²) < 4.78 is 0. The molecule has 2 nitrogen and oxygen atoms in total. The number of carbonyl (C=O) groups is 1. The smallest absolute Gasteiger partial charge is 0.223 e. The van der Waals surface area contributed by atoms with Gasteiger partial charge in [0.1, 0.15) is 0 Å². The molecule has 98 valence electrons. The van der Waals surface area contributed by atoms with Crippen LogP contribution >= 0.6 is 11.6 Å². The summed E-state index contributed by atoms with van der Waals surface area (Å²) in [4.78, 5) is 12.2. The Morgan fingerprint density at radius 1 is 1.39 bits per heavy atom. The molecule has 0 fully saturated rings. The molecule has 0 bridgehead atoms. The summed E-state index contributed by atoms with van der Waals surface area (Å²) in [5, 5.41) is 3.04. The second-order valence-electron chi connectivity index (χ2n) is 5.72. The molecule has 0 spiro atoms. The highest BCUT2D eigenvalue weighted by molar-refractivity contribution is 6.18. The molecule has 1 aliphatic carbocycles. The second-order valence-corrected chi connectivity index (χ2v) is 5.98. The molecule has 2 rings (SSSR count). The molecule has 1 aromatic carbocycles. The summed E-state index contributed by atoms with van der Waals surface area (Å²) in [5.74, 6) is 0.653. The van der Waals surface area contributed by atoms with Crippen LogP contribution in [-0.2, 0) is 17.6 Å². The van der Waals surface area contributed by atoms with E-state index in [1.54, 1.807) is 0 Å². The van der Waals surface area contributed by atoms with E-state index in [-0.39, 0.29) is 17.4 Å². The van der Waals surface area contributed by atoms with Crippen molar-refractivity contribution in [3.63, 3.8) is 0 Å². The lowest BCUT2D eigenvalue weighted by atomic mass is 9.83. The van der Waals surface area contributed by atoms with Crippen LogP contribution in [0.4, 0.5) is 0 Å². The van der Waals surface area contributed by atoms with Gasteiger partial charge in [-0.05, 0) is 44.2 Å². The fraction of sp³-hybridized carbons (Fsp3) is 0.533. The van der Waals surface area contributed by atoms with Gasteiger partial charge in [0.05, 0.1) is 0 Å². The topological polar surface area (TPSA) is 29.1 Å². The van der Waals surface area contributed by atoms with Crippen LogP contribution in [0.1, 0.15) is 31.4 Å². The molecule has 1 amide bonds. The molecular weight excluding hydrogens is 246 g/mol. The Morgan fingerprint density at radius 2 is 2.06 bits per heavy atom. The van der Waals surface area contributed by atoms with Crippen LogP contribution in [0.3, 0.4) is 0 Å². The fourth-order valence-electron chi connectivity index (χ4n) is 2.39. The Labute approximate surface area is 114 Å². The van der Waals surface area contributed by atoms with E-state index in [9.17, 15) is 4.79 Å². The van der Waals surface area contributed by atoms with Gasteiger partial charge in [0.2, 0.25) is 5.91 Å². The monoisotopic (exact) mass is 265 g/mol. The largest absolute Gasteiger partial charge is 0.350 e. The molecule has 1 N–H and O–H groups in total. The maximum atomic E-state index is 12.2. The zero-order valence-electron chi connectivity index (χ0n) is 11.0. The highest BCUT2D eigenvalue weighted by Crippen LogP contribution is 2.26. The number of amides is 1. The molecule has 1 aliphatic rings. The van der Waals surface area contributed by atoms with Crippen LogP contribution in [0.5, 0.6) is 0 Å². The van der Waals surface area contributed by atoms with Gasteiger partial charge >= 0.3 is 0 Å². The molecule has 1 unspecified atom stereocenters. The minimum atomic E-state index is -0.324. The summed E-state index contributed by atoms with van der Waals surface area (Å²) in [7, 11) is 0. The van der Waals surface area contributed by atoms with E-state index in [1.807, 2.05) is 19.9 Å². The number of hydrogen-bond donors (Lipinski definition) is 1. The van der Waals surface area contributed by atoms with E-state index in [4.69, 9.17) is 11.6 Å². The van der Waals surface area contributed by atoms with Crippen LogP contribution in [-0.4, -0.2) is 17.3 Å². The van der Waals surface area contributed by atoms with Crippen LogP contribution in [0.25, 0.3) is 0 Å². The lowest BCUT2D eigenvalue weighted by molar-refractivity contribution is -0.126. The number of halogens is 1. The second kappa shape index (κ2) is 5.31. The first kappa shape index (κ1) is 13.4. The predicted octanol–water partition coefficient (Wildman–Crippen LogP) is 2.93. The summed E-state index contributed by atoms with van der Waals surface area (Å²) in [6.45, 7) is 3.91. The number of benzene rings is 1. The van der Waals surface area contributed by atoms with E-state index in [0.29, 0.717) is 5.88 Å². The molecule has 0 aromatic heterocycles. The van der Waals surface area contributed by atoms with Crippen LogP contribution in [0, 0.1) is 5.92 Å². The summed E-state index contributed by atoms with van der Waals surface area (Å²) in [5.41, 5.74) is 2.38. The Kier molecular flexibility index (Phi) is 3.96. The molecule has 0 heterocycles. The molecule has 1 aromatic rings. The first-order chi connectivity index (χ1) is 8.52. The number of aryl methyl sites for hydroxylation is 1. The van der Waals surface area contributed by atoms with E-state index in [1.165, 1.54) is 11.1 Å². The van der Waals surface area contributed by atoms with Gasteiger partial charge in [0.25, 0.3) is 0 Å². The lowest BCUT2D eigenvalue weighted by Gasteiger charge is -2.29. The SMILES string of the molecule is CC(C)(CCl)NC(=O)C1CCc2ccccc2C1. The molecule has 1 atom stereocenters. The van der Waals surface area contributed by atoms with Crippen molar-refractivity contribution in [3.8, 4) is 0 Å². The van der Waals surface area contributed by atoms with Gasteiger partial charge in [-0.1, -0.05) is 24.3 Å². The highest BCUT2D eigenvalue weighted by Gasteiger charge is 2.28. The maximum Gasteiger partial charge on any atom is 0.223 e. The average Bonchev–Trinajstić information content (AvgIpc) is 2.37. The molecule has 0 saturated heterocycles. The lowest BCUT2D eigenvalue weighted by Crippen LogP contribution is -2.48. The number of rotatable bonds is 3. The molecule has 18 heavy (non-hydrogen) atoms. The molecule has 0 radical (unpaired) electrons. The zero-order valence-corrected chi connectivity index (χ0v) is 11.8. The average molecular weight is 266 g/mol. The zero-order chi connectivity index (χ0) is 13.2. The predicted molar refractivity (Wildman–Crippen MR) is 74.9 cm³/mol. The maximum absolute atomic E-state index is 12.2. The third kappa shape index (κ3) is 3.05. The minimum absolute atomic E-state index is 0.0855. The minimum Gasteiger partial charge on any atom is -0.350 e. The van der Waals surface area contributed by atoms with Crippen molar-refractivity contribution in [2.75, 3.05) is 5.88 Å². The van der Waals surface area contributed by atoms with Gasteiger partial charge in [-0.3, -0.25) is 4.79 Å². The van der Waals surface area contributed by atoms with Crippen molar-refractivity contribution in [1.82, 2.24) is 5.32 Å². The molecule has 0 aliphatic heterocycles. The Balaban J connectivity index is 2.03. The molecule has 0 saturated carbocycles. The van der Waals surface area contributed by atoms with Crippen LogP contribution in [0.2, 0.25) is 0 Å². The first-order valence-corrected chi connectivity index (χ1v) is 7.00. The summed E-state index contributed by atoms with van der Waals surface area (Å²) >= 11 is 5.84. The van der Waals surface area contributed by atoms with Gasteiger partial charge in [-0.15, -0.1) is 11.6 Å². The van der Waals surface area contributed by atoms with Gasteiger partial charge in [-0.2, -0.15) is 0 Å². The summed E-state index contributed by atoms with van der Waals surface area (Å²) in [6, 6.07) is 8.39. The van der Waals surface area contributed by atoms with E-state index < -0.39 is 0 Å². The van der Waals surface area contributed by atoms with Crippen molar-refractivity contribution in [1.29, 1.82) is 0 Å². The van der Waals surface area contributed by atoms with Crippen molar-refractivity contribution in [2.45, 2.75) is 38.6 Å². The van der Waals surface area contributed by atoms with Crippen molar-refractivity contribution < 1.29 is 4.79 Å². The Morgan fingerprint density at radius 3 is 2.72 bits per heavy atom. The number of carbonyl (C=O) groups excluding carboxylic acids is 1. The highest BCUT2D eigenvalue weighted by atomic mass is 35.5. The number of alkyl halides is 1. The van der Waals surface area contributed by atoms with E-state index in [0.717, 1.165) is 19.3 Å². The number of fused-ring (bicyclic) bond motifs is 1. The molecule has 3 heteroatoms. The third-order valence-electron chi connectivity index (χ3n) is 3.51. The van der Waals surface area contributed by atoms with Crippen LogP contribution in [0.15, 0.2) is 24.3 Å². The first-order valence-electron chi connectivity index (χ1n) is 6.46. The van der Waals surface area contributed by atoms with Crippen molar-refractivity contribution in [2.24, 2.45) is 5.92 Å². The number of hydrogen-bond acceptors (Lipinski definition) is 1. The van der Waals surface area contributed by atoms with E-state index >= 15 is 0 Å². The quantitative estimate of drug-likeness (QED) is 0.837. The van der Waals surface area contributed by atoms with Crippen molar-refractivity contribution in [3.05, 3.63) is 35.4 Å². The number of nitrogens with one attached hydrogen (secondary N) is 1. The van der Waals surface area contributed by atoms with Gasteiger partial charge in [0, 0.05) is 17.3 Å². The van der Waals surface area contributed by atoms with Crippen molar-refractivity contribution >= 4 is 17.5 Å².